The Kier molecular flexibility index (Phi) is 6.15. The lowest BCUT2D eigenvalue weighted by molar-refractivity contribution is -0.142. The van der Waals surface area contributed by atoms with Crippen LogP contribution in [0.25, 0.3) is 0 Å². The van der Waals surface area contributed by atoms with Crippen molar-refractivity contribution in [2.24, 2.45) is 0 Å². The molecule has 1 heterocycles. The SMILES string of the molecule is CCCN(CC(=O)OC)Cc1ccc(Br)cn1. The van der Waals surface area contributed by atoms with Crippen LogP contribution in [0.2, 0.25) is 0 Å². The molecule has 0 atom stereocenters. The van der Waals surface area contributed by atoms with Crippen molar-refractivity contribution in [2.45, 2.75) is 19.9 Å². The topological polar surface area (TPSA) is 42.4 Å². The smallest absolute Gasteiger partial charge is 0.319 e. The van der Waals surface area contributed by atoms with Gasteiger partial charge in [-0.15, -0.1) is 0 Å². The van der Waals surface area contributed by atoms with Crippen LogP contribution < -0.4 is 0 Å². The minimum atomic E-state index is -0.212. The zero-order valence-corrected chi connectivity index (χ0v) is 11.7. The number of hydrogen-bond acceptors (Lipinski definition) is 4. The molecule has 1 aromatic rings. The number of halogens is 1. The van der Waals surface area contributed by atoms with Crippen LogP contribution in [-0.4, -0.2) is 36.1 Å². The van der Waals surface area contributed by atoms with E-state index in [4.69, 9.17) is 0 Å². The van der Waals surface area contributed by atoms with Crippen LogP contribution in [0.4, 0.5) is 0 Å². The molecule has 0 fully saturated rings. The number of nitrogens with zero attached hydrogens (tertiary/aromatic N) is 2. The van der Waals surface area contributed by atoms with Crippen molar-refractivity contribution in [3.8, 4) is 0 Å². The maximum Gasteiger partial charge on any atom is 0.319 e. The summed E-state index contributed by atoms with van der Waals surface area (Å²) in [5.74, 6) is -0.212. The Morgan fingerprint density at radius 3 is 2.82 bits per heavy atom. The van der Waals surface area contributed by atoms with Gasteiger partial charge in [0.1, 0.15) is 0 Å². The first-order chi connectivity index (χ1) is 8.15. The average molecular weight is 301 g/mol. The number of carbonyl (C=O) groups excluding carboxylic acids is 1. The van der Waals surface area contributed by atoms with Gasteiger partial charge in [-0.05, 0) is 41.0 Å². The van der Waals surface area contributed by atoms with E-state index in [1.54, 1.807) is 6.20 Å². The summed E-state index contributed by atoms with van der Waals surface area (Å²) in [6, 6.07) is 3.90. The van der Waals surface area contributed by atoms with Gasteiger partial charge in [0.05, 0.1) is 19.3 Å². The minimum absolute atomic E-state index is 0.212. The molecular formula is C12H17BrN2O2. The number of ether oxygens (including phenoxy) is 1. The predicted octanol–water partition coefficient (Wildman–Crippen LogP) is 2.23. The van der Waals surface area contributed by atoms with Crippen molar-refractivity contribution in [2.75, 3.05) is 20.2 Å². The molecule has 0 spiro atoms. The summed E-state index contributed by atoms with van der Waals surface area (Å²) in [7, 11) is 1.41. The first kappa shape index (κ1) is 14.1. The van der Waals surface area contributed by atoms with E-state index in [2.05, 4.69) is 32.6 Å². The lowest BCUT2D eigenvalue weighted by Gasteiger charge is -2.19. The van der Waals surface area contributed by atoms with Crippen LogP contribution in [0.1, 0.15) is 19.0 Å². The summed E-state index contributed by atoms with van der Waals surface area (Å²) < 4.78 is 5.63. The normalized spacial score (nSPS) is 10.6. The summed E-state index contributed by atoms with van der Waals surface area (Å²) in [4.78, 5) is 17.6. The number of aromatic nitrogens is 1. The quantitative estimate of drug-likeness (QED) is 0.756. The molecule has 0 saturated heterocycles. The molecule has 0 unspecified atom stereocenters. The van der Waals surface area contributed by atoms with Crippen LogP contribution in [0.3, 0.4) is 0 Å². The lowest BCUT2D eigenvalue weighted by atomic mass is 10.3. The first-order valence-electron chi connectivity index (χ1n) is 5.55. The summed E-state index contributed by atoms with van der Waals surface area (Å²) in [6.07, 6.45) is 2.76. The summed E-state index contributed by atoms with van der Waals surface area (Å²) in [5, 5.41) is 0. The number of rotatable bonds is 6. The molecule has 0 saturated carbocycles. The van der Waals surface area contributed by atoms with Gasteiger partial charge in [-0.25, -0.2) is 0 Å². The molecule has 0 aliphatic carbocycles. The highest BCUT2D eigenvalue weighted by atomic mass is 79.9. The molecule has 1 aromatic heterocycles. The third-order valence-corrected chi connectivity index (χ3v) is 2.76. The van der Waals surface area contributed by atoms with Gasteiger partial charge in [-0.1, -0.05) is 6.92 Å². The first-order valence-corrected chi connectivity index (χ1v) is 6.34. The Morgan fingerprint density at radius 2 is 2.29 bits per heavy atom. The van der Waals surface area contributed by atoms with Crippen LogP contribution in [-0.2, 0) is 16.1 Å². The Morgan fingerprint density at radius 1 is 1.53 bits per heavy atom. The molecule has 0 radical (unpaired) electrons. The largest absolute Gasteiger partial charge is 0.468 e. The monoisotopic (exact) mass is 300 g/mol. The summed E-state index contributed by atoms with van der Waals surface area (Å²) in [5.41, 5.74) is 0.950. The second-order valence-corrected chi connectivity index (χ2v) is 4.67. The minimum Gasteiger partial charge on any atom is -0.468 e. The molecule has 0 aliphatic heterocycles. The molecule has 0 amide bonds. The molecule has 0 N–H and O–H groups in total. The van der Waals surface area contributed by atoms with Gasteiger partial charge < -0.3 is 4.74 Å². The number of pyridine rings is 1. The van der Waals surface area contributed by atoms with E-state index in [1.165, 1.54) is 7.11 Å². The maximum atomic E-state index is 11.2. The Bertz CT molecular complexity index is 354. The molecular weight excluding hydrogens is 284 g/mol. The standard InChI is InChI=1S/C12H17BrN2O2/c1-3-6-15(9-12(16)17-2)8-11-5-4-10(13)7-14-11/h4-5,7H,3,6,8-9H2,1-2H3. The Hall–Kier alpha value is -0.940. The van der Waals surface area contributed by atoms with E-state index in [1.807, 2.05) is 17.0 Å². The van der Waals surface area contributed by atoms with Crippen molar-refractivity contribution < 1.29 is 9.53 Å². The second kappa shape index (κ2) is 7.40. The van der Waals surface area contributed by atoms with E-state index in [0.717, 1.165) is 23.1 Å². The van der Waals surface area contributed by atoms with E-state index < -0.39 is 0 Å². The van der Waals surface area contributed by atoms with Crippen molar-refractivity contribution in [3.05, 3.63) is 28.5 Å². The van der Waals surface area contributed by atoms with Gasteiger partial charge >= 0.3 is 5.97 Å². The fourth-order valence-corrected chi connectivity index (χ4v) is 1.74. The fourth-order valence-electron chi connectivity index (χ4n) is 1.51. The van der Waals surface area contributed by atoms with Crippen LogP contribution in [0.15, 0.2) is 22.8 Å². The lowest BCUT2D eigenvalue weighted by Crippen LogP contribution is -2.31. The molecule has 94 valence electrons. The van der Waals surface area contributed by atoms with Gasteiger partial charge in [0, 0.05) is 17.2 Å². The van der Waals surface area contributed by atoms with Crippen LogP contribution in [0.5, 0.6) is 0 Å². The van der Waals surface area contributed by atoms with E-state index >= 15 is 0 Å². The Balaban J connectivity index is 2.59. The third-order valence-electron chi connectivity index (χ3n) is 2.29. The summed E-state index contributed by atoms with van der Waals surface area (Å²) >= 11 is 3.34. The molecule has 17 heavy (non-hydrogen) atoms. The number of carbonyl (C=O) groups is 1. The van der Waals surface area contributed by atoms with Gasteiger partial charge in [-0.3, -0.25) is 14.7 Å². The molecule has 0 bridgehead atoms. The molecule has 0 aromatic carbocycles. The average Bonchev–Trinajstić information content (AvgIpc) is 2.32. The molecule has 0 aliphatic rings. The number of hydrogen-bond donors (Lipinski definition) is 0. The van der Waals surface area contributed by atoms with E-state index in [9.17, 15) is 4.79 Å². The van der Waals surface area contributed by atoms with Crippen LogP contribution in [0, 0.1) is 0 Å². The second-order valence-electron chi connectivity index (χ2n) is 3.75. The van der Waals surface area contributed by atoms with Gasteiger partial charge in [0.25, 0.3) is 0 Å². The highest BCUT2D eigenvalue weighted by molar-refractivity contribution is 9.10. The maximum absolute atomic E-state index is 11.2. The Labute approximate surface area is 110 Å². The molecule has 1 rings (SSSR count). The fraction of sp³-hybridized carbons (Fsp3) is 0.500. The van der Waals surface area contributed by atoms with Gasteiger partial charge in [0.2, 0.25) is 0 Å². The van der Waals surface area contributed by atoms with Crippen molar-refractivity contribution in [1.29, 1.82) is 0 Å². The van der Waals surface area contributed by atoms with Crippen LogP contribution >= 0.6 is 15.9 Å². The zero-order valence-electron chi connectivity index (χ0n) is 10.1. The van der Waals surface area contributed by atoms with Crippen molar-refractivity contribution in [3.63, 3.8) is 0 Å². The molecule has 4 nitrogen and oxygen atoms in total. The number of methoxy groups -OCH3 is 1. The van der Waals surface area contributed by atoms with E-state index in [0.29, 0.717) is 13.1 Å². The summed E-state index contributed by atoms with van der Waals surface area (Å²) in [6.45, 7) is 3.91. The van der Waals surface area contributed by atoms with Crippen molar-refractivity contribution in [1.82, 2.24) is 9.88 Å². The predicted molar refractivity (Wildman–Crippen MR) is 69.5 cm³/mol. The number of esters is 1. The third kappa shape index (κ3) is 5.28. The molecule has 5 heteroatoms. The zero-order chi connectivity index (χ0) is 12.7. The van der Waals surface area contributed by atoms with Gasteiger partial charge in [0.15, 0.2) is 0 Å². The van der Waals surface area contributed by atoms with Crippen molar-refractivity contribution >= 4 is 21.9 Å². The highest BCUT2D eigenvalue weighted by Crippen LogP contribution is 2.09. The van der Waals surface area contributed by atoms with E-state index in [-0.39, 0.29) is 5.97 Å². The highest BCUT2D eigenvalue weighted by Gasteiger charge is 2.11. The van der Waals surface area contributed by atoms with Gasteiger partial charge in [-0.2, -0.15) is 0 Å².